The molecule has 0 bridgehead atoms. The summed E-state index contributed by atoms with van der Waals surface area (Å²) in [7, 11) is 0. The highest BCUT2D eigenvalue weighted by Gasteiger charge is 2.27. The van der Waals surface area contributed by atoms with Gasteiger partial charge in [0.25, 0.3) is 0 Å². The lowest BCUT2D eigenvalue weighted by atomic mass is 9.81. The van der Waals surface area contributed by atoms with E-state index in [9.17, 15) is 4.79 Å². The highest BCUT2D eigenvalue weighted by molar-refractivity contribution is 5.86. The Kier molecular flexibility index (Phi) is 3.51. The molecule has 0 radical (unpaired) electrons. The van der Waals surface area contributed by atoms with Crippen LogP contribution in [0.2, 0.25) is 0 Å². The van der Waals surface area contributed by atoms with Crippen molar-refractivity contribution in [3.05, 3.63) is 30.0 Å². The molecule has 2 aromatic rings. The summed E-state index contributed by atoms with van der Waals surface area (Å²) in [6.07, 6.45) is 1.99. The van der Waals surface area contributed by atoms with Crippen molar-refractivity contribution >= 4 is 16.9 Å². The van der Waals surface area contributed by atoms with Gasteiger partial charge < -0.3 is 14.8 Å². The number of hydrogen-bond acceptors (Lipinski definition) is 2. The average molecular weight is 261 g/mol. The maximum Gasteiger partial charge on any atom is 0.304 e. The molecule has 19 heavy (non-hydrogen) atoms. The van der Waals surface area contributed by atoms with Gasteiger partial charge in [-0.1, -0.05) is 13.8 Å². The number of carboxylic acid groups (broad SMARTS) is 1. The second-order valence-electron chi connectivity index (χ2n) is 5.30. The zero-order valence-electron chi connectivity index (χ0n) is 11.5. The number of aliphatic carboxylic acids is 1. The average Bonchev–Trinajstić information content (AvgIpc) is 2.71. The number of aromatic nitrogens is 1. The molecule has 2 N–H and O–H groups in total. The molecule has 0 aliphatic rings. The Morgan fingerprint density at radius 2 is 2.16 bits per heavy atom. The van der Waals surface area contributed by atoms with Gasteiger partial charge in [-0.05, 0) is 30.7 Å². The topological polar surface area (TPSA) is 62.3 Å². The molecule has 1 heterocycles. The van der Waals surface area contributed by atoms with Crippen LogP contribution in [0, 0.1) is 0 Å². The van der Waals surface area contributed by atoms with Crippen LogP contribution in [0.1, 0.15) is 32.8 Å². The minimum atomic E-state index is -0.791. The SMILES string of the molecule is CCOc1ccc2[nH]cc(C(C)(C)CC(=O)O)c2c1. The Morgan fingerprint density at radius 3 is 2.79 bits per heavy atom. The van der Waals surface area contributed by atoms with Crippen molar-refractivity contribution < 1.29 is 14.6 Å². The standard InChI is InChI=1S/C15H19NO3/c1-4-19-10-5-6-13-11(7-10)12(9-16-13)15(2,3)8-14(17)18/h5-7,9,16H,4,8H2,1-3H3,(H,17,18). The maximum atomic E-state index is 11.0. The summed E-state index contributed by atoms with van der Waals surface area (Å²) in [6.45, 7) is 6.44. The summed E-state index contributed by atoms with van der Waals surface area (Å²) < 4.78 is 5.50. The zero-order valence-corrected chi connectivity index (χ0v) is 11.5. The van der Waals surface area contributed by atoms with E-state index < -0.39 is 11.4 Å². The van der Waals surface area contributed by atoms with Gasteiger partial charge in [0, 0.05) is 22.5 Å². The highest BCUT2D eigenvalue weighted by Crippen LogP contribution is 2.34. The predicted molar refractivity (Wildman–Crippen MR) is 74.7 cm³/mol. The van der Waals surface area contributed by atoms with E-state index >= 15 is 0 Å². The fourth-order valence-corrected chi connectivity index (χ4v) is 2.39. The molecule has 2 rings (SSSR count). The molecule has 4 nitrogen and oxygen atoms in total. The third-order valence-corrected chi connectivity index (χ3v) is 3.29. The Morgan fingerprint density at radius 1 is 1.42 bits per heavy atom. The summed E-state index contributed by atoms with van der Waals surface area (Å²) in [5, 5.41) is 10.0. The monoisotopic (exact) mass is 261 g/mol. The van der Waals surface area contributed by atoms with Crippen LogP contribution in [0.15, 0.2) is 24.4 Å². The molecular formula is C15H19NO3. The Bertz CT molecular complexity index is 598. The number of benzene rings is 1. The smallest absolute Gasteiger partial charge is 0.304 e. The van der Waals surface area contributed by atoms with E-state index in [1.807, 2.05) is 45.2 Å². The predicted octanol–water partition coefficient (Wildman–Crippen LogP) is 3.32. The van der Waals surface area contributed by atoms with Gasteiger partial charge >= 0.3 is 5.97 Å². The number of carbonyl (C=O) groups is 1. The van der Waals surface area contributed by atoms with E-state index in [1.54, 1.807) is 0 Å². The first kappa shape index (κ1) is 13.5. The van der Waals surface area contributed by atoms with E-state index in [4.69, 9.17) is 9.84 Å². The Balaban J connectivity index is 2.48. The van der Waals surface area contributed by atoms with E-state index in [-0.39, 0.29) is 6.42 Å². The van der Waals surface area contributed by atoms with Crippen LogP contribution in [0.5, 0.6) is 5.75 Å². The van der Waals surface area contributed by atoms with Crippen LogP contribution in [0.4, 0.5) is 0 Å². The van der Waals surface area contributed by atoms with Gasteiger partial charge in [0.15, 0.2) is 0 Å². The van der Waals surface area contributed by atoms with E-state index in [0.29, 0.717) is 6.61 Å². The lowest BCUT2D eigenvalue weighted by Crippen LogP contribution is -2.21. The van der Waals surface area contributed by atoms with E-state index in [0.717, 1.165) is 22.2 Å². The lowest BCUT2D eigenvalue weighted by Gasteiger charge is -2.22. The number of nitrogens with one attached hydrogen (secondary N) is 1. The number of aromatic amines is 1. The van der Waals surface area contributed by atoms with Crippen molar-refractivity contribution in [3.63, 3.8) is 0 Å². The molecule has 0 aliphatic heterocycles. The molecule has 0 unspecified atom stereocenters. The number of H-pyrrole nitrogens is 1. The third-order valence-electron chi connectivity index (χ3n) is 3.29. The molecule has 0 saturated heterocycles. The number of ether oxygens (including phenoxy) is 1. The number of hydrogen-bond donors (Lipinski definition) is 2. The van der Waals surface area contributed by atoms with Crippen LogP contribution in [0.3, 0.4) is 0 Å². The Labute approximate surface area is 112 Å². The Hall–Kier alpha value is -1.97. The first-order valence-electron chi connectivity index (χ1n) is 6.40. The molecule has 0 spiro atoms. The maximum absolute atomic E-state index is 11.0. The van der Waals surface area contributed by atoms with Gasteiger partial charge in [0.1, 0.15) is 5.75 Å². The molecule has 1 aromatic heterocycles. The summed E-state index contributed by atoms with van der Waals surface area (Å²) in [4.78, 5) is 14.2. The summed E-state index contributed by atoms with van der Waals surface area (Å²) in [5.74, 6) is 0.0160. The van der Waals surface area contributed by atoms with Gasteiger partial charge in [-0.3, -0.25) is 4.79 Å². The minimum Gasteiger partial charge on any atom is -0.494 e. The lowest BCUT2D eigenvalue weighted by molar-refractivity contribution is -0.138. The van der Waals surface area contributed by atoms with Gasteiger partial charge in [0.05, 0.1) is 13.0 Å². The van der Waals surface area contributed by atoms with Crippen LogP contribution in [-0.4, -0.2) is 22.7 Å². The molecule has 0 fully saturated rings. The van der Waals surface area contributed by atoms with Crippen LogP contribution in [0.25, 0.3) is 10.9 Å². The van der Waals surface area contributed by atoms with Gasteiger partial charge in [-0.25, -0.2) is 0 Å². The molecule has 4 heteroatoms. The normalized spacial score (nSPS) is 11.7. The largest absolute Gasteiger partial charge is 0.494 e. The molecule has 102 valence electrons. The van der Waals surface area contributed by atoms with Crippen LogP contribution in [-0.2, 0) is 10.2 Å². The number of rotatable bonds is 5. The number of carboxylic acids is 1. The highest BCUT2D eigenvalue weighted by atomic mass is 16.5. The van der Waals surface area contributed by atoms with Crippen molar-refractivity contribution in [3.8, 4) is 5.75 Å². The number of fused-ring (bicyclic) bond motifs is 1. The van der Waals surface area contributed by atoms with Crippen molar-refractivity contribution in [1.82, 2.24) is 4.98 Å². The molecule has 0 atom stereocenters. The van der Waals surface area contributed by atoms with Gasteiger partial charge in [-0.15, -0.1) is 0 Å². The fourth-order valence-electron chi connectivity index (χ4n) is 2.39. The summed E-state index contributed by atoms with van der Waals surface area (Å²) in [5.41, 5.74) is 1.58. The molecular weight excluding hydrogens is 242 g/mol. The van der Waals surface area contributed by atoms with Crippen molar-refractivity contribution in [1.29, 1.82) is 0 Å². The molecule has 0 aliphatic carbocycles. The van der Waals surface area contributed by atoms with Crippen LogP contribution >= 0.6 is 0 Å². The van der Waals surface area contributed by atoms with Crippen molar-refractivity contribution in [2.24, 2.45) is 0 Å². The van der Waals surface area contributed by atoms with Crippen molar-refractivity contribution in [2.45, 2.75) is 32.6 Å². The van der Waals surface area contributed by atoms with Gasteiger partial charge in [-0.2, -0.15) is 0 Å². The second kappa shape index (κ2) is 4.96. The second-order valence-corrected chi connectivity index (χ2v) is 5.30. The third kappa shape index (κ3) is 2.72. The first-order valence-corrected chi connectivity index (χ1v) is 6.40. The zero-order chi connectivity index (χ0) is 14.0. The fraction of sp³-hybridized carbons (Fsp3) is 0.400. The summed E-state index contributed by atoms with van der Waals surface area (Å²) >= 11 is 0. The van der Waals surface area contributed by atoms with E-state index in [2.05, 4.69) is 4.98 Å². The molecule has 0 amide bonds. The minimum absolute atomic E-state index is 0.0960. The first-order chi connectivity index (χ1) is 8.94. The summed E-state index contributed by atoms with van der Waals surface area (Å²) in [6, 6.07) is 5.84. The van der Waals surface area contributed by atoms with Gasteiger partial charge in [0.2, 0.25) is 0 Å². The van der Waals surface area contributed by atoms with Crippen LogP contribution < -0.4 is 4.74 Å². The quantitative estimate of drug-likeness (QED) is 0.867. The molecule has 0 saturated carbocycles. The van der Waals surface area contributed by atoms with E-state index in [1.165, 1.54) is 0 Å². The molecule has 1 aromatic carbocycles. The van der Waals surface area contributed by atoms with Crippen molar-refractivity contribution in [2.75, 3.05) is 6.61 Å².